The first-order valence-corrected chi connectivity index (χ1v) is 10.4. The predicted octanol–water partition coefficient (Wildman–Crippen LogP) is 3.88. The summed E-state index contributed by atoms with van der Waals surface area (Å²) in [5, 5.41) is 2.92. The summed E-state index contributed by atoms with van der Waals surface area (Å²) in [5.41, 5.74) is 1.43. The lowest BCUT2D eigenvalue weighted by molar-refractivity contribution is -0.117. The molecule has 4 rings (SSSR count). The maximum atomic E-state index is 12.5. The predicted molar refractivity (Wildman–Crippen MR) is 120 cm³/mol. The van der Waals surface area contributed by atoms with Crippen LogP contribution in [0, 0.1) is 0 Å². The molecule has 0 aromatic heterocycles. The normalized spacial score (nSPS) is 14.1. The maximum Gasteiger partial charge on any atom is 0.253 e. The molecule has 158 valence electrons. The highest BCUT2D eigenvalue weighted by Crippen LogP contribution is 2.22. The molecular weight excluding hydrogens is 390 g/mol. The van der Waals surface area contributed by atoms with Gasteiger partial charge in [-0.25, -0.2) is 0 Å². The number of nitrogens with one attached hydrogen (secondary N) is 1. The van der Waals surface area contributed by atoms with Crippen LogP contribution >= 0.6 is 0 Å². The van der Waals surface area contributed by atoms with Crippen LogP contribution in [0.2, 0.25) is 0 Å². The number of carbonyl (C=O) groups is 2. The fraction of sp³-hybridized carbons (Fsp3) is 0.200. The molecule has 1 aliphatic rings. The van der Waals surface area contributed by atoms with Crippen LogP contribution < -0.4 is 10.1 Å². The summed E-state index contributed by atoms with van der Waals surface area (Å²) >= 11 is 0. The van der Waals surface area contributed by atoms with Crippen LogP contribution in [0.25, 0.3) is 0 Å². The number of piperazine rings is 1. The van der Waals surface area contributed by atoms with Gasteiger partial charge >= 0.3 is 0 Å². The van der Waals surface area contributed by atoms with Crippen molar-refractivity contribution in [3.8, 4) is 11.5 Å². The third-order valence-electron chi connectivity index (χ3n) is 5.16. The molecule has 0 aliphatic carbocycles. The molecule has 1 fully saturated rings. The second kappa shape index (κ2) is 9.91. The first kappa shape index (κ1) is 20.6. The summed E-state index contributed by atoms with van der Waals surface area (Å²) in [6.07, 6.45) is 0. The number of nitrogens with zero attached hydrogens (tertiary/aromatic N) is 2. The molecule has 1 aliphatic heterocycles. The lowest BCUT2D eigenvalue weighted by atomic mass is 10.2. The number of amides is 2. The lowest BCUT2D eigenvalue weighted by Crippen LogP contribution is -2.50. The minimum atomic E-state index is -0.0698. The second-order valence-electron chi connectivity index (χ2n) is 7.42. The van der Waals surface area contributed by atoms with Gasteiger partial charge in [0.25, 0.3) is 5.91 Å². The number of ether oxygens (including phenoxy) is 1. The van der Waals surface area contributed by atoms with Gasteiger partial charge in [0.1, 0.15) is 11.5 Å². The fourth-order valence-electron chi connectivity index (χ4n) is 3.51. The Morgan fingerprint density at radius 1 is 0.742 bits per heavy atom. The van der Waals surface area contributed by atoms with E-state index in [1.54, 1.807) is 0 Å². The molecule has 6 heteroatoms. The van der Waals surface area contributed by atoms with Gasteiger partial charge in [0.05, 0.1) is 6.54 Å². The molecule has 3 aromatic carbocycles. The van der Waals surface area contributed by atoms with Crippen molar-refractivity contribution in [3.63, 3.8) is 0 Å². The van der Waals surface area contributed by atoms with E-state index in [9.17, 15) is 9.59 Å². The highest BCUT2D eigenvalue weighted by molar-refractivity contribution is 5.94. The van der Waals surface area contributed by atoms with Crippen molar-refractivity contribution in [3.05, 3.63) is 90.5 Å². The van der Waals surface area contributed by atoms with E-state index in [0.29, 0.717) is 44.0 Å². The first-order chi connectivity index (χ1) is 15.2. The first-order valence-electron chi connectivity index (χ1n) is 10.4. The number of rotatable bonds is 6. The van der Waals surface area contributed by atoms with Gasteiger partial charge in [-0.3, -0.25) is 14.5 Å². The molecular formula is C25H25N3O3. The van der Waals surface area contributed by atoms with E-state index in [4.69, 9.17) is 4.74 Å². The fourth-order valence-corrected chi connectivity index (χ4v) is 3.51. The zero-order valence-corrected chi connectivity index (χ0v) is 17.2. The molecule has 2 amide bonds. The number of benzene rings is 3. The highest BCUT2D eigenvalue weighted by Gasteiger charge is 2.23. The highest BCUT2D eigenvalue weighted by atomic mass is 16.5. The van der Waals surface area contributed by atoms with Gasteiger partial charge in [0.2, 0.25) is 5.91 Å². The molecule has 0 bridgehead atoms. The molecule has 1 N–H and O–H groups in total. The monoisotopic (exact) mass is 415 g/mol. The zero-order valence-electron chi connectivity index (χ0n) is 17.2. The Hall–Kier alpha value is -3.64. The van der Waals surface area contributed by atoms with Gasteiger partial charge in [0.15, 0.2) is 0 Å². The molecule has 1 heterocycles. The van der Waals surface area contributed by atoms with Gasteiger partial charge in [-0.05, 0) is 48.5 Å². The number of carbonyl (C=O) groups excluding carboxylic acids is 2. The van der Waals surface area contributed by atoms with E-state index >= 15 is 0 Å². The van der Waals surface area contributed by atoms with Crippen molar-refractivity contribution in [1.82, 2.24) is 9.80 Å². The maximum absolute atomic E-state index is 12.5. The number of hydrogen-bond acceptors (Lipinski definition) is 4. The molecule has 1 saturated heterocycles. The Labute approximate surface area is 182 Å². The third-order valence-corrected chi connectivity index (χ3v) is 5.16. The molecule has 0 unspecified atom stereocenters. The van der Waals surface area contributed by atoms with E-state index in [1.165, 1.54) is 0 Å². The summed E-state index contributed by atoms with van der Waals surface area (Å²) in [7, 11) is 0. The molecule has 6 nitrogen and oxygen atoms in total. The molecule has 31 heavy (non-hydrogen) atoms. The average Bonchev–Trinajstić information content (AvgIpc) is 2.82. The van der Waals surface area contributed by atoms with Crippen LogP contribution in [0.4, 0.5) is 5.69 Å². The third kappa shape index (κ3) is 5.71. The van der Waals surface area contributed by atoms with Crippen molar-refractivity contribution in [2.75, 3.05) is 38.0 Å². The van der Waals surface area contributed by atoms with Crippen molar-refractivity contribution >= 4 is 17.5 Å². The van der Waals surface area contributed by atoms with E-state index in [1.807, 2.05) is 89.8 Å². The van der Waals surface area contributed by atoms with Gasteiger partial charge < -0.3 is 15.0 Å². The summed E-state index contributed by atoms with van der Waals surface area (Å²) in [6.45, 7) is 2.89. The Bertz CT molecular complexity index is 999. The van der Waals surface area contributed by atoms with E-state index in [2.05, 4.69) is 10.2 Å². The molecule has 0 saturated carbocycles. The summed E-state index contributed by atoms with van der Waals surface area (Å²) in [4.78, 5) is 28.9. The van der Waals surface area contributed by atoms with Gasteiger partial charge in [-0.1, -0.05) is 36.4 Å². The van der Waals surface area contributed by atoms with Gasteiger partial charge in [0, 0.05) is 37.4 Å². The van der Waals surface area contributed by atoms with E-state index in [-0.39, 0.29) is 11.8 Å². The van der Waals surface area contributed by atoms with E-state index in [0.717, 1.165) is 11.4 Å². The zero-order chi connectivity index (χ0) is 21.5. The smallest absolute Gasteiger partial charge is 0.253 e. The summed E-state index contributed by atoms with van der Waals surface area (Å²) in [6, 6.07) is 26.2. The summed E-state index contributed by atoms with van der Waals surface area (Å²) < 4.78 is 5.77. The Kier molecular flexibility index (Phi) is 6.59. The Morgan fingerprint density at radius 2 is 1.32 bits per heavy atom. The standard InChI is InChI=1S/C25H25N3O3/c29-24(26-21-11-13-23(14-12-21)31-22-9-5-2-6-10-22)19-27-15-17-28(18-16-27)25(30)20-7-3-1-4-8-20/h1-14H,15-19H2,(H,26,29). The van der Waals surface area contributed by atoms with Crippen molar-refractivity contribution in [2.24, 2.45) is 0 Å². The van der Waals surface area contributed by atoms with Crippen molar-refractivity contribution in [1.29, 1.82) is 0 Å². The van der Waals surface area contributed by atoms with Crippen molar-refractivity contribution in [2.45, 2.75) is 0 Å². The van der Waals surface area contributed by atoms with E-state index < -0.39 is 0 Å². The second-order valence-corrected chi connectivity index (χ2v) is 7.42. The molecule has 0 spiro atoms. The van der Waals surface area contributed by atoms with Crippen molar-refractivity contribution < 1.29 is 14.3 Å². The van der Waals surface area contributed by atoms with Crippen LogP contribution in [0.15, 0.2) is 84.9 Å². The SMILES string of the molecule is O=C(CN1CCN(C(=O)c2ccccc2)CC1)Nc1ccc(Oc2ccccc2)cc1. The quantitative estimate of drug-likeness (QED) is 0.664. The molecule has 0 radical (unpaired) electrons. The van der Waals surface area contributed by atoms with Crippen LogP contribution in [0.3, 0.4) is 0 Å². The number of anilines is 1. The Balaban J connectivity index is 1.23. The molecule has 0 atom stereocenters. The minimum Gasteiger partial charge on any atom is -0.457 e. The Morgan fingerprint density at radius 3 is 1.97 bits per heavy atom. The largest absolute Gasteiger partial charge is 0.457 e. The van der Waals surface area contributed by atoms with Crippen LogP contribution in [-0.4, -0.2) is 54.3 Å². The van der Waals surface area contributed by atoms with Gasteiger partial charge in [-0.15, -0.1) is 0 Å². The van der Waals surface area contributed by atoms with Crippen LogP contribution in [-0.2, 0) is 4.79 Å². The van der Waals surface area contributed by atoms with Crippen LogP contribution in [0.1, 0.15) is 10.4 Å². The summed E-state index contributed by atoms with van der Waals surface area (Å²) in [5.74, 6) is 1.45. The number of hydrogen-bond donors (Lipinski definition) is 1. The van der Waals surface area contributed by atoms with Crippen LogP contribution in [0.5, 0.6) is 11.5 Å². The molecule has 3 aromatic rings. The minimum absolute atomic E-state index is 0.0440. The van der Waals surface area contributed by atoms with Gasteiger partial charge in [-0.2, -0.15) is 0 Å². The topological polar surface area (TPSA) is 61.9 Å². The average molecular weight is 415 g/mol. The number of para-hydroxylation sites is 1. The lowest BCUT2D eigenvalue weighted by Gasteiger charge is -2.34.